The van der Waals surface area contributed by atoms with E-state index in [0.29, 0.717) is 59.4 Å². The molecule has 2 heterocycles. The van der Waals surface area contributed by atoms with Crippen molar-refractivity contribution >= 4 is 23.2 Å². The number of unbranched alkanes of at least 4 members (excludes halogenated alkanes) is 1. The Hall–Kier alpha value is -4.02. The van der Waals surface area contributed by atoms with Gasteiger partial charge in [0, 0.05) is 13.5 Å². The largest absolute Gasteiger partial charge is 0.494 e. The summed E-state index contributed by atoms with van der Waals surface area (Å²) in [4.78, 5) is 29.0. The van der Waals surface area contributed by atoms with Gasteiger partial charge in [0.2, 0.25) is 17.6 Å². The molecule has 0 saturated heterocycles. The van der Waals surface area contributed by atoms with Crippen molar-refractivity contribution in [3.63, 3.8) is 0 Å². The number of nitrogens with one attached hydrogen (secondary N) is 2. The molecule has 1 saturated carbocycles. The predicted molar refractivity (Wildman–Crippen MR) is 124 cm³/mol. The maximum Gasteiger partial charge on any atom is 0.273 e. The Balaban J connectivity index is 1.73. The van der Waals surface area contributed by atoms with Gasteiger partial charge < -0.3 is 25.6 Å². The quantitative estimate of drug-likeness (QED) is 0.409. The van der Waals surface area contributed by atoms with Crippen LogP contribution in [0, 0.1) is 0 Å². The number of nitrogens with zero attached hydrogens (tertiary/aromatic N) is 4. The molecule has 0 radical (unpaired) electrons. The van der Waals surface area contributed by atoms with E-state index in [2.05, 4.69) is 37.9 Å². The molecule has 178 valence electrons. The Kier molecular flexibility index (Phi) is 6.44. The summed E-state index contributed by atoms with van der Waals surface area (Å²) < 4.78 is 11.0. The number of nitrogens with two attached hydrogens (primary N) is 1. The van der Waals surface area contributed by atoms with E-state index in [9.17, 15) is 9.59 Å². The van der Waals surface area contributed by atoms with Crippen molar-refractivity contribution in [3.05, 3.63) is 41.5 Å². The molecule has 1 aliphatic rings. The third-order valence-electron chi connectivity index (χ3n) is 5.89. The van der Waals surface area contributed by atoms with Crippen molar-refractivity contribution in [2.24, 2.45) is 5.73 Å². The highest BCUT2D eigenvalue weighted by molar-refractivity contribution is 5.99. The second kappa shape index (κ2) is 9.46. The van der Waals surface area contributed by atoms with Crippen LogP contribution in [0.2, 0.25) is 0 Å². The first-order valence-corrected chi connectivity index (χ1v) is 11.1. The third kappa shape index (κ3) is 4.28. The second-order valence-corrected chi connectivity index (χ2v) is 8.14. The normalized spacial score (nSPS) is 13.9. The number of rotatable bonds is 10. The molecule has 0 bridgehead atoms. The predicted octanol–water partition coefficient (Wildman–Crippen LogP) is 2.50. The molecular weight excluding hydrogens is 438 g/mol. The smallest absolute Gasteiger partial charge is 0.273 e. The van der Waals surface area contributed by atoms with E-state index < -0.39 is 17.2 Å². The van der Waals surface area contributed by atoms with Gasteiger partial charge in [0.25, 0.3) is 5.91 Å². The average molecular weight is 466 g/mol. The van der Waals surface area contributed by atoms with Crippen LogP contribution >= 0.6 is 0 Å². The van der Waals surface area contributed by atoms with Gasteiger partial charge in [0.1, 0.15) is 0 Å². The van der Waals surface area contributed by atoms with E-state index in [0.717, 1.165) is 12.8 Å². The average Bonchev–Trinajstić information content (AvgIpc) is 3.54. The highest BCUT2D eigenvalue weighted by Gasteiger charge is 2.52. The molecule has 0 spiro atoms. The topological polar surface area (TPSA) is 158 Å². The molecule has 2 aromatic heterocycles. The molecule has 4 N–H and O–H groups in total. The Morgan fingerprint density at radius 2 is 2.03 bits per heavy atom. The number of hydrogen-bond donors (Lipinski definition) is 3. The lowest BCUT2D eigenvalue weighted by atomic mass is 10.0. The van der Waals surface area contributed by atoms with Crippen LogP contribution in [0.3, 0.4) is 0 Å². The molecule has 34 heavy (non-hydrogen) atoms. The number of amides is 2. The summed E-state index contributed by atoms with van der Waals surface area (Å²) in [6.07, 6.45) is 3.85. The van der Waals surface area contributed by atoms with E-state index in [-0.39, 0.29) is 5.69 Å². The number of aromatic nitrogens is 4. The first-order valence-electron chi connectivity index (χ1n) is 11.1. The Bertz CT molecular complexity index is 1220. The number of anilines is 2. The van der Waals surface area contributed by atoms with Gasteiger partial charge >= 0.3 is 0 Å². The zero-order valence-corrected chi connectivity index (χ0v) is 19.3. The number of methoxy groups -OCH3 is 1. The van der Waals surface area contributed by atoms with Crippen molar-refractivity contribution in [1.82, 2.24) is 25.7 Å². The van der Waals surface area contributed by atoms with Crippen LogP contribution < -0.4 is 21.1 Å². The van der Waals surface area contributed by atoms with Gasteiger partial charge in [-0.3, -0.25) is 9.59 Å². The molecule has 4 rings (SSSR count). The zero-order valence-electron chi connectivity index (χ0n) is 19.3. The number of carbonyl (C=O) groups is 2. The minimum absolute atomic E-state index is 0.0698. The molecule has 11 heteroatoms. The van der Waals surface area contributed by atoms with Gasteiger partial charge in [-0.25, -0.2) is 0 Å². The van der Waals surface area contributed by atoms with Gasteiger partial charge in [-0.15, -0.1) is 5.10 Å². The first-order chi connectivity index (χ1) is 16.4. The van der Waals surface area contributed by atoms with Crippen LogP contribution in [-0.4, -0.2) is 46.3 Å². The van der Waals surface area contributed by atoms with Crippen molar-refractivity contribution in [2.45, 2.75) is 44.4 Å². The summed E-state index contributed by atoms with van der Waals surface area (Å²) in [7, 11) is 3.03. The molecule has 2 amide bonds. The molecule has 3 aromatic rings. The standard InChI is InChI=1S/C23H27N7O4/c1-4-5-9-17-27-20(30-34-17)13-7-6-8-14(19(13)33-3)26-15-12-16(23(10-11-23)22(24)32)28-29-18(15)21(31)25-2/h6-8,12H,4-5,9-11H2,1-3H3,(H2,24,32)(H,25,31)(H,26,28). The second-order valence-electron chi connectivity index (χ2n) is 8.14. The summed E-state index contributed by atoms with van der Waals surface area (Å²) in [6, 6.07) is 7.05. The molecule has 0 atom stereocenters. The number of carbonyl (C=O) groups excluding carboxylic acids is 2. The number of hydrogen-bond acceptors (Lipinski definition) is 9. The van der Waals surface area contributed by atoms with E-state index in [1.807, 2.05) is 12.1 Å². The molecular formula is C23H27N7O4. The Morgan fingerprint density at radius 1 is 1.24 bits per heavy atom. The maximum absolute atomic E-state index is 12.5. The number of para-hydroxylation sites is 1. The van der Waals surface area contributed by atoms with Crippen LogP contribution in [0.25, 0.3) is 11.4 Å². The lowest BCUT2D eigenvalue weighted by Gasteiger charge is -2.17. The van der Waals surface area contributed by atoms with Gasteiger partial charge in [-0.2, -0.15) is 10.1 Å². The Morgan fingerprint density at radius 3 is 2.68 bits per heavy atom. The zero-order chi connectivity index (χ0) is 24.3. The Labute approximate surface area is 196 Å². The molecule has 0 unspecified atom stereocenters. The van der Waals surface area contributed by atoms with Crippen molar-refractivity contribution in [2.75, 3.05) is 19.5 Å². The fraction of sp³-hybridized carbons (Fsp3) is 0.391. The highest BCUT2D eigenvalue weighted by Crippen LogP contribution is 2.48. The van der Waals surface area contributed by atoms with E-state index in [4.69, 9.17) is 15.0 Å². The van der Waals surface area contributed by atoms with Crippen LogP contribution in [-0.2, 0) is 16.6 Å². The monoisotopic (exact) mass is 465 g/mol. The maximum atomic E-state index is 12.5. The highest BCUT2D eigenvalue weighted by atomic mass is 16.5. The van der Waals surface area contributed by atoms with Crippen molar-refractivity contribution in [1.29, 1.82) is 0 Å². The fourth-order valence-electron chi connectivity index (χ4n) is 3.73. The molecule has 11 nitrogen and oxygen atoms in total. The SMILES string of the molecule is CCCCc1nc(-c2cccc(Nc3cc(C4(C(N)=O)CC4)nnc3C(=O)NC)c2OC)no1. The van der Waals surface area contributed by atoms with Crippen LogP contribution in [0.5, 0.6) is 5.75 Å². The molecule has 1 fully saturated rings. The third-order valence-corrected chi connectivity index (χ3v) is 5.89. The van der Waals surface area contributed by atoms with Crippen molar-refractivity contribution in [3.8, 4) is 17.1 Å². The molecule has 1 aliphatic carbocycles. The summed E-state index contributed by atoms with van der Waals surface area (Å²) in [5.74, 6) is 0.526. The number of aryl methyl sites for hydroxylation is 1. The summed E-state index contributed by atoms with van der Waals surface area (Å²) in [5.41, 5.74) is 6.78. The summed E-state index contributed by atoms with van der Waals surface area (Å²) in [5, 5.41) is 18.1. The lowest BCUT2D eigenvalue weighted by Crippen LogP contribution is -2.30. The number of ether oxygens (including phenoxy) is 1. The van der Waals surface area contributed by atoms with Crippen LogP contribution in [0.4, 0.5) is 11.4 Å². The number of primary amides is 1. The van der Waals surface area contributed by atoms with E-state index >= 15 is 0 Å². The summed E-state index contributed by atoms with van der Waals surface area (Å²) >= 11 is 0. The molecule has 1 aromatic carbocycles. The minimum Gasteiger partial charge on any atom is -0.494 e. The minimum atomic E-state index is -0.851. The van der Waals surface area contributed by atoms with Crippen molar-refractivity contribution < 1.29 is 18.8 Å². The van der Waals surface area contributed by atoms with Crippen LogP contribution in [0.15, 0.2) is 28.8 Å². The van der Waals surface area contributed by atoms with E-state index in [1.54, 1.807) is 12.1 Å². The molecule has 0 aliphatic heterocycles. The van der Waals surface area contributed by atoms with Gasteiger partial charge in [-0.05, 0) is 37.5 Å². The van der Waals surface area contributed by atoms with Gasteiger partial charge in [0.05, 0.1) is 35.2 Å². The van der Waals surface area contributed by atoms with Gasteiger partial charge in [0.15, 0.2) is 11.4 Å². The van der Waals surface area contributed by atoms with Crippen LogP contribution in [0.1, 0.15) is 54.7 Å². The van der Waals surface area contributed by atoms with Gasteiger partial charge in [-0.1, -0.05) is 24.6 Å². The fourth-order valence-corrected chi connectivity index (χ4v) is 3.73. The first kappa shape index (κ1) is 23.1. The summed E-state index contributed by atoms with van der Waals surface area (Å²) in [6.45, 7) is 2.09. The lowest BCUT2D eigenvalue weighted by molar-refractivity contribution is -0.120. The number of benzene rings is 1. The van der Waals surface area contributed by atoms with E-state index in [1.165, 1.54) is 14.2 Å².